The molecule has 0 bridgehead atoms. The SMILES string of the molecule is CCCCC1COC2Cn3cc(C=O)c(=O)c(O)c3C(=O)N12. The molecule has 0 saturated carbocycles. The van der Waals surface area contributed by atoms with Crippen molar-refractivity contribution >= 4 is 12.2 Å². The summed E-state index contributed by atoms with van der Waals surface area (Å²) in [6, 6.07) is -0.0357. The second-order valence-electron chi connectivity index (χ2n) is 5.68. The van der Waals surface area contributed by atoms with Gasteiger partial charge in [-0.1, -0.05) is 19.8 Å². The summed E-state index contributed by atoms with van der Waals surface area (Å²) >= 11 is 0. The molecular weight excluding hydrogens is 288 g/mol. The highest BCUT2D eigenvalue weighted by atomic mass is 16.5. The van der Waals surface area contributed by atoms with Crippen molar-refractivity contribution < 1.29 is 19.4 Å². The maximum absolute atomic E-state index is 12.7. The molecule has 0 aliphatic carbocycles. The number of nitrogens with zero attached hydrogens (tertiary/aromatic N) is 2. The lowest BCUT2D eigenvalue weighted by Gasteiger charge is -2.34. The van der Waals surface area contributed by atoms with Crippen molar-refractivity contribution in [2.75, 3.05) is 6.61 Å². The highest BCUT2D eigenvalue weighted by molar-refractivity contribution is 5.97. The minimum absolute atomic E-state index is 0.0357. The zero-order valence-corrected chi connectivity index (χ0v) is 12.3. The standard InChI is InChI=1S/C15H18N2O5/c1-2-3-4-10-8-22-11-6-16-5-9(7-18)13(19)14(20)12(16)15(21)17(10)11/h5,7,10-11,20H,2-4,6,8H2,1H3. The summed E-state index contributed by atoms with van der Waals surface area (Å²) in [5, 5.41) is 10.0. The molecule has 7 nitrogen and oxygen atoms in total. The van der Waals surface area contributed by atoms with E-state index in [1.165, 1.54) is 10.8 Å². The quantitative estimate of drug-likeness (QED) is 0.829. The molecule has 1 aromatic heterocycles. The summed E-state index contributed by atoms with van der Waals surface area (Å²) in [6.07, 6.45) is 4.11. The Hall–Kier alpha value is -2.15. The number of aldehydes is 1. The van der Waals surface area contributed by atoms with Crippen molar-refractivity contribution in [3.63, 3.8) is 0 Å². The van der Waals surface area contributed by atoms with Gasteiger partial charge in [-0.05, 0) is 6.42 Å². The van der Waals surface area contributed by atoms with Crippen LogP contribution < -0.4 is 5.43 Å². The number of carbonyl (C=O) groups excluding carboxylic acids is 2. The number of aromatic nitrogens is 1. The van der Waals surface area contributed by atoms with E-state index in [1.807, 2.05) is 0 Å². The van der Waals surface area contributed by atoms with E-state index in [2.05, 4.69) is 6.92 Å². The van der Waals surface area contributed by atoms with Crippen LogP contribution in [0.5, 0.6) is 5.75 Å². The third kappa shape index (κ3) is 2.12. The molecular formula is C15H18N2O5. The number of pyridine rings is 1. The average Bonchev–Trinajstić information content (AvgIpc) is 2.91. The van der Waals surface area contributed by atoms with Gasteiger partial charge in [-0.25, -0.2) is 0 Å². The lowest BCUT2D eigenvalue weighted by atomic mass is 10.1. The highest BCUT2D eigenvalue weighted by Crippen LogP contribution is 2.31. The minimum Gasteiger partial charge on any atom is -0.503 e. The Bertz CT molecular complexity index is 681. The molecule has 1 N–H and O–H groups in total. The maximum atomic E-state index is 12.7. The van der Waals surface area contributed by atoms with Gasteiger partial charge < -0.3 is 19.3 Å². The number of unbranched alkanes of at least 4 members (excludes halogenated alkanes) is 1. The molecule has 2 aliphatic heterocycles. The van der Waals surface area contributed by atoms with Crippen molar-refractivity contribution in [1.29, 1.82) is 0 Å². The van der Waals surface area contributed by atoms with Crippen LogP contribution in [0.4, 0.5) is 0 Å². The van der Waals surface area contributed by atoms with Crippen molar-refractivity contribution in [2.24, 2.45) is 0 Å². The molecule has 3 heterocycles. The van der Waals surface area contributed by atoms with Gasteiger partial charge >= 0.3 is 0 Å². The Morgan fingerprint density at radius 1 is 1.45 bits per heavy atom. The van der Waals surface area contributed by atoms with Crippen LogP contribution in [0.25, 0.3) is 0 Å². The molecule has 2 aliphatic rings. The summed E-state index contributed by atoms with van der Waals surface area (Å²) in [5.41, 5.74) is -1.03. The molecule has 2 unspecified atom stereocenters. The largest absolute Gasteiger partial charge is 0.503 e. The molecule has 0 aromatic carbocycles. The van der Waals surface area contributed by atoms with Crippen LogP contribution >= 0.6 is 0 Å². The smallest absolute Gasteiger partial charge is 0.276 e. The van der Waals surface area contributed by atoms with E-state index in [1.54, 1.807) is 4.90 Å². The van der Waals surface area contributed by atoms with Gasteiger partial charge in [-0.15, -0.1) is 0 Å². The van der Waals surface area contributed by atoms with Crippen molar-refractivity contribution in [3.05, 3.63) is 27.7 Å². The number of amides is 1. The first-order valence-corrected chi connectivity index (χ1v) is 7.44. The molecule has 1 aromatic rings. The molecule has 2 atom stereocenters. The van der Waals surface area contributed by atoms with Crippen LogP contribution in [-0.4, -0.2) is 45.6 Å². The summed E-state index contributed by atoms with van der Waals surface area (Å²) in [6.45, 7) is 2.84. The zero-order chi connectivity index (χ0) is 15.9. The second kappa shape index (κ2) is 5.57. The van der Waals surface area contributed by atoms with Gasteiger partial charge in [0.2, 0.25) is 5.43 Å². The first-order chi connectivity index (χ1) is 10.6. The zero-order valence-electron chi connectivity index (χ0n) is 12.3. The predicted molar refractivity (Wildman–Crippen MR) is 77.0 cm³/mol. The minimum atomic E-state index is -0.807. The number of carbonyl (C=O) groups is 2. The van der Waals surface area contributed by atoms with E-state index in [0.717, 1.165) is 19.3 Å². The van der Waals surface area contributed by atoms with Crippen molar-refractivity contribution in [2.45, 2.75) is 45.0 Å². The fourth-order valence-electron chi connectivity index (χ4n) is 3.13. The van der Waals surface area contributed by atoms with Gasteiger partial charge in [0.15, 0.2) is 24.0 Å². The Balaban J connectivity index is 2.02. The van der Waals surface area contributed by atoms with Gasteiger partial charge in [0, 0.05) is 6.20 Å². The van der Waals surface area contributed by atoms with Crippen LogP contribution in [-0.2, 0) is 11.3 Å². The number of aromatic hydroxyl groups is 1. The lowest BCUT2D eigenvalue weighted by Crippen LogP contribution is -2.49. The maximum Gasteiger partial charge on any atom is 0.276 e. The average molecular weight is 306 g/mol. The van der Waals surface area contributed by atoms with E-state index >= 15 is 0 Å². The predicted octanol–water partition coefficient (Wildman–Crippen LogP) is 0.737. The van der Waals surface area contributed by atoms with Crippen LogP contribution in [0.1, 0.15) is 47.0 Å². The number of ether oxygens (including phenoxy) is 1. The van der Waals surface area contributed by atoms with Crippen LogP contribution in [0.2, 0.25) is 0 Å². The van der Waals surface area contributed by atoms with E-state index in [0.29, 0.717) is 19.4 Å². The lowest BCUT2D eigenvalue weighted by molar-refractivity contribution is 0.00548. The monoisotopic (exact) mass is 306 g/mol. The van der Waals surface area contributed by atoms with Gasteiger partial charge in [0.25, 0.3) is 5.91 Å². The molecule has 0 spiro atoms. The third-order valence-electron chi connectivity index (χ3n) is 4.28. The topological polar surface area (TPSA) is 88.8 Å². The molecule has 118 valence electrons. The van der Waals surface area contributed by atoms with Crippen LogP contribution in [0, 0.1) is 0 Å². The van der Waals surface area contributed by atoms with Gasteiger partial charge in [0.05, 0.1) is 24.8 Å². The van der Waals surface area contributed by atoms with Gasteiger partial charge in [-0.2, -0.15) is 0 Å². The normalized spacial score (nSPS) is 23.3. The molecule has 3 rings (SSSR count). The summed E-state index contributed by atoms with van der Waals surface area (Å²) < 4.78 is 7.11. The van der Waals surface area contributed by atoms with Gasteiger partial charge in [-0.3, -0.25) is 14.4 Å². The Labute approximate surface area is 127 Å². The Morgan fingerprint density at radius 2 is 2.23 bits per heavy atom. The Morgan fingerprint density at radius 3 is 2.91 bits per heavy atom. The fourth-order valence-corrected chi connectivity index (χ4v) is 3.13. The summed E-state index contributed by atoms with van der Waals surface area (Å²) in [7, 11) is 0. The summed E-state index contributed by atoms with van der Waals surface area (Å²) in [4.78, 5) is 37.1. The first kappa shape index (κ1) is 14.8. The van der Waals surface area contributed by atoms with E-state index in [9.17, 15) is 19.5 Å². The fraction of sp³-hybridized carbons (Fsp3) is 0.533. The van der Waals surface area contributed by atoms with E-state index < -0.39 is 23.3 Å². The van der Waals surface area contributed by atoms with Gasteiger partial charge in [0.1, 0.15) is 0 Å². The number of rotatable bonds is 4. The van der Waals surface area contributed by atoms with Crippen LogP contribution in [0.3, 0.4) is 0 Å². The Kier molecular flexibility index (Phi) is 3.74. The van der Waals surface area contributed by atoms with Crippen molar-refractivity contribution in [3.8, 4) is 5.75 Å². The molecule has 7 heteroatoms. The second-order valence-corrected chi connectivity index (χ2v) is 5.68. The van der Waals surface area contributed by atoms with E-state index in [4.69, 9.17) is 4.74 Å². The summed E-state index contributed by atoms with van der Waals surface area (Å²) in [5.74, 6) is -1.07. The molecule has 0 radical (unpaired) electrons. The molecule has 22 heavy (non-hydrogen) atoms. The highest BCUT2D eigenvalue weighted by Gasteiger charge is 2.43. The molecule has 1 fully saturated rings. The number of hydrogen-bond acceptors (Lipinski definition) is 5. The number of fused-ring (bicyclic) bond motifs is 2. The third-order valence-corrected chi connectivity index (χ3v) is 4.28. The van der Waals surface area contributed by atoms with Crippen molar-refractivity contribution in [1.82, 2.24) is 9.47 Å². The van der Waals surface area contributed by atoms with Crippen LogP contribution in [0.15, 0.2) is 11.0 Å². The molecule has 1 amide bonds. The first-order valence-electron chi connectivity index (χ1n) is 7.44. The molecule has 1 saturated heterocycles. The van der Waals surface area contributed by atoms with E-state index in [-0.39, 0.29) is 17.3 Å². The number of hydrogen-bond donors (Lipinski definition) is 1.